The van der Waals surface area contributed by atoms with Crippen LogP contribution in [0.5, 0.6) is 0 Å². The highest BCUT2D eigenvalue weighted by Crippen LogP contribution is 2.21. The van der Waals surface area contributed by atoms with Gasteiger partial charge in [0, 0.05) is 30.9 Å². The summed E-state index contributed by atoms with van der Waals surface area (Å²) in [4.78, 5) is 4.43. The number of imidazole rings is 1. The smallest absolute Gasteiger partial charge is 0.111 e. The molecule has 78 valence electrons. The number of nitrogens with one attached hydrogen (secondary N) is 1. The monoisotopic (exact) mass is 193 g/mol. The number of hydrogen-bond acceptors (Lipinski definition) is 2. The zero-order valence-electron chi connectivity index (χ0n) is 9.03. The second-order valence-electron chi connectivity index (χ2n) is 4.35. The third kappa shape index (κ3) is 1.82. The average molecular weight is 193 g/mol. The first kappa shape index (κ1) is 9.71. The quantitative estimate of drug-likeness (QED) is 0.777. The summed E-state index contributed by atoms with van der Waals surface area (Å²) < 4.78 is 2.34. The van der Waals surface area contributed by atoms with Crippen LogP contribution in [0.1, 0.15) is 44.5 Å². The SMILES string of the molecule is CC(C)c1nccn1[C@@H]1CCCNC1. The van der Waals surface area contributed by atoms with E-state index >= 15 is 0 Å². The van der Waals surface area contributed by atoms with E-state index in [1.807, 2.05) is 6.20 Å². The van der Waals surface area contributed by atoms with E-state index in [9.17, 15) is 0 Å². The number of aromatic nitrogens is 2. The molecule has 1 aliphatic heterocycles. The molecule has 0 bridgehead atoms. The molecule has 0 aromatic carbocycles. The Labute approximate surface area is 85.5 Å². The Morgan fingerprint density at radius 3 is 3.07 bits per heavy atom. The lowest BCUT2D eigenvalue weighted by atomic mass is 10.1. The van der Waals surface area contributed by atoms with Crippen molar-refractivity contribution >= 4 is 0 Å². The van der Waals surface area contributed by atoms with Gasteiger partial charge < -0.3 is 9.88 Å². The minimum atomic E-state index is 0.520. The lowest BCUT2D eigenvalue weighted by Crippen LogP contribution is -2.32. The van der Waals surface area contributed by atoms with Gasteiger partial charge in [0.1, 0.15) is 5.82 Å². The van der Waals surface area contributed by atoms with Crippen molar-refractivity contribution in [2.75, 3.05) is 13.1 Å². The van der Waals surface area contributed by atoms with Crippen LogP contribution in [0.25, 0.3) is 0 Å². The molecular formula is C11H19N3. The van der Waals surface area contributed by atoms with Crippen molar-refractivity contribution < 1.29 is 0 Å². The Bertz CT molecular complexity index is 284. The fraction of sp³-hybridized carbons (Fsp3) is 0.727. The molecule has 1 aromatic heterocycles. The first-order valence-corrected chi connectivity index (χ1v) is 5.52. The third-order valence-electron chi connectivity index (χ3n) is 2.88. The van der Waals surface area contributed by atoms with Gasteiger partial charge in [-0.3, -0.25) is 0 Å². The summed E-state index contributed by atoms with van der Waals surface area (Å²) >= 11 is 0. The zero-order valence-corrected chi connectivity index (χ0v) is 9.03. The van der Waals surface area contributed by atoms with Crippen molar-refractivity contribution in [2.45, 2.75) is 38.6 Å². The Morgan fingerprint density at radius 2 is 2.43 bits per heavy atom. The van der Waals surface area contributed by atoms with Crippen LogP contribution in [-0.4, -0.2) is 22.6 Å². The molecule has 0 aliphatic carbocycles. The van der Waals surface area contributed by atoms with Gasteiger partial charge in [-0.2, -0.15) is 0 Å². The number of hydrogen-bond donors (Lipinski definition) is 1. The van der Waals surface area contributed by atoms with Gasteiger partial charge in [0.25, 0.3) is 0 Å². The van der Waals surface area contributed by atoms with Gasteiger partial charge in [0.15, 0.2) is 0 Å². The Balaban J connectivity index is 2.17. The van der Waals surface area contributed by atoms with E-state index in [2.05, 4.69) is 34.9 Å². The van der Waals surface area contributed by atoms with Crippen molar-refractivity contribution in [2.24, 2.45) is 0 Å². The Hall–Kier alpha value is -0.830. The van der Waals surface area contributed by atoms with Crippen LogP contribution < -0.4 is 5.32 Å². The second kappa shape index (κ2) is 4.13. The van der Waals surface area contributed by atoms with Gasteiger partial charge in [-0.15, -0.1) is 0 Å². The van der Waals surface area contributed by atoms with Gasteiger partial charge in [0.2, 0.25) is 0 Å². The molecule has 0 saturated carbocycles. The van der Waals surface area contributed by atoms with E-state index in [1.165, 1.54) is 25.2 Å². The normalized spacial score (nSPS) is 22.9. The number of piperidine rings is 1. The Kier molecular flexibility index (Phi) is 2.87. The van der Waals surface area contributed by atoms with Crippen LogP contribution in [-0.2, 0) is 0 Å². The Morgan fingerprint density at radius 1 is 1.57 bits per heavy atom. The average Bonchev–Trinajstić information content (AvgIpc) is 2.67. The van der Waals surface area contributed by atoms with Crippen molar-refractivity contribution in [3.8, 4) is 0 Å². The van der Waals surface area contributed by atoms with E-state index < -0.39 is 0 Å². The van der Waals surface area contributed by atoms with Crippen LogP contribution in [0.15, 0.2) is 12.4 Å². The summed E-state index contributed by atoms with van der Waals surface area (Å²) in [5.41, 5.74) is 0. The summed E-state index contributed by atoms with van der Waals surface area (Å²) in [6, 6.07) is 0.614. The molecule has 0 amide bonds. The summed E-state index contributed by atoms with van der Waals surface area (Å²) in [6.45, 7) is 6.67. The highest BCUT2D eigenvalue weighted by atomic mass is 15.1. The van der Waals surface area contributed by atoms with Gasteiger partial charge in [-0.1, -0.05) is 13.8 Å². The fourth-order valence-electron chi connectivity index (χ4n) is 2.15. The first-order chi connectivity index (χ1) is 6.79. The van der Waals surface area contributed by atoms with E-state index in [1.54, 1.807) is 0 Å². The van der Waals surface area contributed by atoms with Crippen LogP contribution in [0, 0.1) is 0 Å². The summed E-state index contributed by atoms with van der Waals surface area (Å²) in [5, 5.41) is 3.44. The van der Waals surface area contributed by atoms with E-state index in [4.69, 9.17) is 0 Å². The summed E-state index contributed by atoms with van der Waals surface area (Å²) in [6.07, 6.45) is 6.60. The molecule has 1 fully saturated rings. The molecule has 2 rings (SSSR count). The maximum absolute atomic E-state index is 4.43. The van der Waals surface area contributed by atoms with Gasteiger partial charge in [-0.05, 0) is 19.4 Å². The van der Waals surface area contributed by atoms with Crippen molar-refractivity contribution in [3.05, 3.63) is 18.2 Å². The molecule has 1 aliphatic rings. The number of nitrogens with zero attached hydrogens (tertiary/aromatic N) is 2. The number of rotatable bonds is 2. The van der Waals surface area contributed by atoms with Gasteiger partial charge in [0.05, 0.1) is 0 Å². The largest absolute Gasteiger partial charge is 0.330 e. The van der Waals surface area contributed by atoms with Gasteiger partial charge in [-0.25, -0.2) is 4.98 Å². The molecule has 3 nitrogen and oxygen atoms in total. The minimum Gasteiger partial charge on any atom is -0.330 e. The van der Waals surface area contributed by atoms with Gasteiger partial charge >= 0.3 is 0 Å². The predicted molar refractivity (Wildman–Crippen MR) is 57.5 cm³/mol. The molecule has 2 heterocycles. The van der Waals surface area contributed by atoms with Crippen LogP contribution in [0.3, 0.4) is 0 Å². The molecule has 0 radical (unpaired) electrons. The molecule has 0 spiro atoms. The van der Waals surface area contributed by atoms with E-state index in [0.29, 0.717) is 12.0 Å². The lowest BCUT2D eigenvalue weighted by molar-refractivity contribution is 0.360. The van der Waals surface area contributed by atoms with Crippen LogP contribution in [0.4, 0.5) is 0 Å². The van der Waals surface area contributed by atoms with Crippen molar-refractivity contribution in [1.82, 2.24) is 14.9 Å². The highest BCUT2D eigenvalue weighted by molar-refractivity contribution is 5.00. The molecule has 1 saturated heterocycles. The van der Waals surface area contributed by atoms with E-state index in [-0.39, 0.29) is 0 Å². The first-order valence-electron chi connectivity index (χ1n) is 5.52. The molecule has 1 aromatic rings. The highest BCUT2D eigenvalue weighted by Gasteiger charge is 2.18. The summed E-state index contributed by atoms with van der Waals surface area (Å²) in [7, 11) is 0. The molecule has 1 atom stereocenters. The van der Waals surface area contributed by atoms with Crippen molar-refractivity contribution in [3.63, 3.8) is 0 Å². The van der Waals surface area contributed by atoms with E-state index in [0.717, 1.165) is 6.54 Å². The molecule has 14 heavy (non-hydrogen) atoms. The maximum Gasteiger partial charge on any atom is 0.111 e. The van der Waals surface area contributed by atoms with Crippen LogP contribution >= 0.6 is 0 Å². The second-order valence-corrected chi connectivity index (χ2v) is 4.35. The molecule has 0 unspecified atom stereocenters. The molecular weight excluding hydrogens is 174 g/mol. The fourth-order valence-corrected chi connectivity index (χ4v) is 2.15. The molecule has 1 N–H and O–H groups in total. The topological polar surface area (TPSA) is 29.9 Å². The van der Waals surface area contributed by atoms with Crippen LogP contribution in [0.2, 0.25) is 0 Å². The third-order valence-corrected chi connectivity index (χ3v) is 2.88. The lowest BCUT2D eigenvalue weighted by Gasteiger charge is -2.26. The standard InChI is InChI=1S/C11H19N3/c1-9(2)11-13-6-7-14(11)10-4-3-5-12-8-10/h6-7,9-10,12H,3-5,8H2,1-2H3/t10-/m1/s1. The van der Waals surface area contributed by atoms with Crippen molar-refractivity contribution in [1.29, 1.82) is 0 Å². The molecule has 3 heteroatoms. The summed E-state index contributed by atoms with van der Waals surface area (Å²) in [5.74, 6) is 1.74. The minimum absolute atomic E-state index is 0.520. The zero-order chi connectivity index (χ0) is 9.97. The maximum atomic E-state index is 4.43. The predicted octanol–water partition coefficient (Wildman–Crippen LogP) is 1.93.